The molecule has 0 bridgehead atoms. The number of rotatable bonds is 4. The van der Waals surface area contributed by atoms with Crippen LogP contribution in [0.4, 0.5) is 0 Å². The number of pyridine rings is 1. The molecule has 0 spiro atoms. The molecule has 1 N–H and O–H groups in total. The van der Waals surface area contributed by atoms with E-state index in [2.05, 4.69) is 72.7 Å². The van der Waals surface area contributed by atoms with Gasteiger partial charge in [0.1, 0.15) is 0 Å². The van der Waals surface area contributed by atoms with Crippen LogP contribution in [-0.4, -0.2) is 4.98 Å². The zero-order valence-electron chi connectivity index (χ0n) is 12.5. The first-order chi connectivity index (χ1) is 10.2. The number of hydrogen-bond donors (Lipinski definition) is 1. The maximum absolute atomic E-state index is 4.50. The normalized spacial score (nSPS) is 12.5. The predicted octanol–water partition coefficient (Wildman–Crippen LogP) is 4.39. The lowest BCUT2D eigenvalue weighted by Gasteiger charge is -2.15. The molecule has 21 heavy (non-hydrogen) atoms. The molecule has 0 aliphatic rings. The highest BCUT2D eigenvalue weighted by Crippen LogP contribution is 2.18. The van der Waals surface area contributed by atoms with Crippen LogP contribution in [-0.2, 0) is 6.54 Å². The minimum Gasteiger partial charge on any atom is -0.306 e. The summed E-state index contributed by atoms with van der Waals surface area (Å²) in [6.45, 7) is 5.14. The highest BCUT2D eigenvalue weighted by atomic mass is 14.9. The van der Waals surface area contributed by atoms with Gasteiger partial charge in [0, 0.05) is 24.2 Å². The molecule has 0 aliphatic heterocycles. The van der Waals surface area contributed by atoms with Crippen LogP contribution in [0, 0.1) is 6.92 Å². The van der Waals surface area contributed by atoms with Crippen molar-refractivity contribution < 1.29 is 0 Å². The van der Waals surface area contributed by atoms with Gasteiger partial charge in [0.05, 0.1) is 5.52 Å². The van der Waals surface area contributed by atoms with E-state index in [1.807, 2.05) is 12.3 Å². The molecular weight excluding hydrogens is 256 g/mol. The van der Waals surface area contributed by atoms with E-state index in [-0.39, 0.29) is 0 Å². The summed E-state index contributed by atoms with van der Waals surface area (Å²) in [4.78, 5) is 4.50. The Balaban J connectivity index is 1.76. The molecule has 0 saturated carbocycles. The number of para-hydroxylation sites is 1. The van der Waals surface area contributed by atoms with Crippen LogP contribution in [0.2, 0.25) is 0 Å². The first-order valence-electron chi connectivity index (χ1n) is 7.36. The van der Waals surface area contributed by atoms with Gasteiger partial charge in [-0.25, -0.2) is 0 Å². The molecule has 0 aliphatic carbocycles. The van der Waals surface area contributed by atoms with Crippen LogP contribution in [0.1, 0.15) is 29.7 Å². The molecule has 0 fully saturated rings. The quantitative estimate of drug-likeness (QED) is 0.764. The maximum atomic E-state index is 4.50. The van der Waals surface area contributed by atoms with Gasteiger partial charge in [0.2, 0.25) is 0 Å². The number of hydrogen-bond acceptors (Lipinski definition) is 2. The van der Waals surface area contributed by atoms with Crippen molar-refractivity contribution in [2.24, 2.45) is 0 Å². The van der Waals surface area contributed by atoms with Gasteiger partial charge in [0.15, 0.2) is 0 Å². The monoisotopic (exact) mass is 276 g/mol. The van der Waals surface area contributed by atoms with E-state index in [4.69, 9.17) is 0 Å². The molecule has 106 valence electrons. The van der Waals surface area contributed by atoms with Crippen molar-refractivity contribution in [1.29, 1.82) is 0 Å². The highest BCUT2D eigenvalue weighted by molar-refractivity contribution is 5.81. The van der Waals surface area contributed by atoms with E-state index >= 15 is 0 Å². The van der Waals surface area contributed by atoms with Crippen LogP contribution in [0.3, 0.4) is 0 Å². The smallest absolute Gasteiger partial charge is 0.0746 e. The molecule has 1 atom stereocenters. The predicted molar refractivity (Wildman–Crippen MR) is 88.2 cm³/mol. The van der Waals surface area contributed by atoms with E-state index in [9.17, 15) is 0 Å². The van der Waals surface area contributed by atoms with Crippen molar-refractivity contribution in [3.63, 3.8) is 0 Å². The summed E-state index contributed by atoms with van der Waals surface area (Å²) in [5, 5.41) is 4.78. The van der Waals surface area contributed by atoms with Crippen LogP contribution < -0.4 is 5.32 Å². The number of fused-ring (bicyclic) bond motifs is 1. The fourth-order valence-corrected chi connectivity index (χ4v) is 2.55. The summed E-state index contributed by atoms with van der Waals surface area (Å²) >= 11 is 0. The average molecular weight is 276 g/mol. The SMILES string of the molecule is Cc1ccc([C@@H](C)NCc2cccc3cccnc23)cc1. The summed E-state index contributed by atoms with van der Waals surface area (Å²) in [5.41, 5.74) is 4.94. The van der Waals surface area contributed by atoms with Crippen molar-refractivity contribution in [3.05, 3.63) is 77.5 Å². The lowest BCUT2D eigenvalue weighted by molar-refractivity contribution is 0.576. The molecule has 3 aromatic rings. The van der Waals surface area contributed by atoms with Gasteiger partial charge >= 0.3 is 0 Å². The van der Waals surface area contributed by atoms with Crippen LogP contribution >= 0.6 is 0 Å². The lowest BCUT2D eigenvalue weighted by Crippen LogP contribution is -2.18. The van der Waals surface area contributed by atoms with E-state index in [0.717, 1.165) is 12.1 Å². The van der Waals surface area contributed by atoms with Gasteiger partial charge in [-0.2, -0.15) is 0 Å². The number of nitrogens with one attached hydrogen (secondary N) is 1. The van der Waals surface area contributed by atoms with E-state index < -0.39 is 0 Å². The third-order valence-electron chi connectivity index (χ3n) is 3.89. The third-order valence-corrected chi connectivity index (χ3v) is 3.89. The van der Waals surface area contributed by atoms with Crippen LogP contribution in [0.15, 0.2) is 60.8 Å². The van der Waals surface area contributed by atoms with E-state index in [0.29, 0.717) is 6.04 Å². The Labute approximate surface area is 125 Å². The van der Waals surface area contributed by atoms with Crippen LogP contribution in [0.25, 0.3) is 10.9 Å². The Bertz CT molecular complexity index is 727. The van der Waals surface area contributed by atoms with E-state index in [1.54, 1.807) is 0 Å². The Hall–Kier alpha value is -2.19. The Morgan fingerprint density at radius 3 is 2.57 bits per heavy atom. The molecule has 0 radical (unpaired) electrons. The van der Waals surface area contributed by atoms with Gasteiger partial charge in [-0.3, -0.25) is 4.98 Å². The molecule has 2 nitrogen and oxygen atoms in total. The number of nitrogens with zero attached hydrogens (tertiary/aromatic N) is 1. The zero-order valence-corrected chi connectivity index (χ0v) is 12.5. The second-order valence-corrected chi connectivity index (χ2v) is 5.51. The van der Waals surface area contributed by atoms with Crippen molar-refractivity contribution in [1.82, 2.24) is 10.3 Å². The van der Waals surface area contributed by atoms with Crippen molar-refractivity contribution in [2.45, 2.75) is 26.4 Å². The van der Waals surface area contributed by atoms with Crippen molar-refractivity contribution in [2.75, 3.05) is 0 Å². The fraction of sp³-hybridized carbons (Fsp3) is 0.211. The van der Waals surface area contributed by atoms with Gasteiger partial charge in [-0.1, -0.05) is 54.1 Å². The summed E-state index contributed by atoms with van der Waals surface area (Å²) in [5.74, 6) is 0. The molecule has 1 heterocycles. The Morgan fingerprint density at radius 1 is 1.00 bits per heavy atom. The first-order valence-corrected chi connectivity index (χ1v) is 7.36. The molecule has 0 unspecified atom stereocenters. The zero-order chi connectivity index (χ0) is 14.7. The maximum Gasteiger partial charge on any atom is 0.0746 e. The average Bonchev–Trinajstić information content (AvgIpc) is 2.53. The van der Waals surface area contributed by atoms with Gasteiger partial charge in [0.25, 0.3) is 0 Å². The number of aryl methyl sites for hydroxylation is 1. The number of benzene rings is 2. The summed E-state index contributed by atoms with van der Waals surface area (Å²) in [7, 11) is 0. The molecule has 2 heteroatoms. The molecule has 3 rings (SSSR count). The standard InChI is InChI=1S/C19H20N2/c1-14-8-10-16(11-9-14)15(2)21-13-18-6-3-5-17-7-4-12-20-19(17)18/h3-12,15,21H,13H2,1-2H3/t15-/m1/s1. The van der Waals surface area contributed by atoms with Gasteiger partial charge < -0.3 is 5.32 Å². The molecule has 1 aromatic heterocycles. The second kappa shape index (κ2) is 6.06. The van der Waals surface area contributed by atoms with E-state index in [1.165, 1.54) is 22.1 Å². The lowest BCUT2D eigenvalue weighted by atomic mass is 10.1. The highest BCUT2D eigenvalue weighted by Gasteiger charge is 2.06. The minimum absolute atomic E-state index is 0.324. The topological polar surface area (TPSA) is 24.9 Å². The summed E-state index contributed by atoms with van der Waals surface area (Å²) in [6.07, 6.45) is 1.86. The molecule has 0 saturated heterocycles. The third kappa shape index (κ3) is 3.11. The molecule has 2 aromatic carbocycles. The summed E-state index contributed by atoms with van der Waals surface area (Å²) < 4.78 is 0. The van der Waals surface area contributed by atoms with Crippen molar-refractivity contribution >= 4 is 10.9 Å². The largest absolute Gasteiger partial charge is 0.306 e. The Morgan fingerprint density at radius 2 is 1.76 bits per heavy atom. The first kappa shape index (κ1) is 13.8. The Kier molecular flexibility index (Phi) is 3.98. The summed E-state index contributed by atoms with van der Waals surface area (Å²) in [6, 6.07) is 19.5. The fourth-order valence-electron chi connectivity index (χ4n) is 2.55. The minimum atomic E-state index is 0.324. The number of aromatic nitrogens is 1. The molecular formula is C19H20N2. The second-order valence-electron chi connectivity index (χ2n) is 5.51. The van der Waals surface area contributed by atoms with Gasteiger partial charge in [-0.05, 0) is 31.0 Å². The molecule has 0 amide bonds. The van der Waals surface area contributed by atoms with Gasteiger partial charge in [-0.15, -0.1) is 0 Å². The van der Waals surface area contributed by atoms with Crippen molar-refractivity contribution in [3.8, 4) is 0 Å². The van der Waals surface area contributed by atoms with Crippen LogP contribution in [0.5, 0.6) is 0 Å².